The molecule has 1 aromatic heterocycles. The van der Waals surface area contributed by atoms with Crippen molar-refractivity contribution in [1.82, 2.24) is 20.2 Å². The SMILES string of the molecule is Cn1c(SCC(=O)NN=Cc2ccccc2Cl)nnc1-c1cccc(Cl)c1. The summed E-state index contributed by atoms with van der Waals surface area (Å²) in [4.78, 5) is 12.0. The monoisotopic (exact) mass is 419 g/mol. The molecule has 3 rings (SSSR count). The van der Waals surface area contributed by atoms with Gasteiger partial charge in [0.05, 0.1) is 12.0 Å². The van der Waals surface area contributed by atoms with E-state index >= 15 is 0 Å². The summed E-state index contributed by atoms with van der Waals surface area (Å²) in [5.41, 5.74) is 4.06. The van der Waals surface area contributed by atoms with Crippen LogP contribution >= 0.6 is 35.0 Å². The molecule has 0 aliphatic carbocycles. The van der Waals surface area contributed by atoms with Crippen molar-refractivity contribution in [2.45, 2.75) is 5.16 Å². The Labute approximate surface area is 170 Å². The summed E-state index contributed by atoms with van der Waals surface area (Å²) in [6.07, 6.45) is 1.50. The van der Waals surface area contributed by atoms with Crippen LogP contribution in [0.2, 0.25) is 10.0 Å². The first-order valence-corrected chi connectivity index (χ1v) is 9.63. The maximum atomic E-state index is 12.0. The van der Waals surface area contributed by atoms with Crippen molar-refractivity contribution in [2.24, 2.45) is 12.1 Å². The number of aromatic nitrogens is 3. The van der Waals surface area contributed by atoms with Crippen LogP contribution in [-0.4, -0.2) is 32.6 Å². The Bertz CT molecular complexity index is 989. The second-order valence-corrected chi connectivity index (χ2v) is 7.27. The molecule has 0 fully saturated rings. The highest BCUT2D eigenvalue weighted by Crippen LogP contribution is 2.24. The minimum Gasteiger partial charge on any atom is -0.305 e. The second kappa shape index (κ2) is 9.03. The first-order valence-electron chi connectivity index (χ1n) is 7.89. The van der Waals surface area contributed by atoms with Crippen LogP contribution in [0.25, 0.3) is 11.4 Å². The number of halogens is 2. The van der Waals surface area contributed by atoms with Crippen molar-refractivity contribution >= 4 is 47.1 Å². The fourth-order valence-corrected chi connectivity index (χ4v) is 3.31. The average Bonchev–Trinajstić information content (AvgIpc) is 3.02. The van der Waals surface area contributed by atoms with Gasteiger partial charge < -0.3 is 4.57 Å². The van der Waals surface area contributed by atoms with Gasteiger partial charge in [-0.1, -0.05) is 65.3 Å². The molecule has 0 unspecified atom stereocenters. The molecule has 1 amide bonds. The molecule has 0 atom stereocenters. The summed E-state index contributed by atoms with van der Waals surface area (Å²) in [5, 5.41) is 14.0. The highest BCUT2D eigenvalue weighted by atomic mass is 35.5. The Morgan fingerprint density at radius 2 is 2.04 bits per heavy atom. The Balaban J connectivity index is 1.57. The van der Waals surface area contributed by atoms with Gasteiger partial charge in [-0.05, 0) is 18.2 Å². The largest absolute Gasteiger partial charge is 0.305 e. The molecule has 0 aliphatic rings. The van der Waals surface area contributed by atoms with Gasteiger partial charge in [0.2, 0.25) is 0 Å². The van der Waals surface area contributed by atoms with Gasteiger partial charge in [-0.3, -0.25) is 4.79 Å². The Kier molecular flexibility index (Phi) is 6.49. The highest BCUT2D eigenvalue weighted by molar-refractivity contribution is 7.99. The van der Waals surface area contributed by atoms with Gasteiger partial charge in [0.25, 0.3) is 5.91 Å². The third kappa shape index (κ3) is 5.09. The van der Waals surface area contributed by atoms with Crippen molar-refractivity contribution in [3.63, 3.8) is 0 Å². The number of carbonyl (C=O) groups excluding carboxylic acids is 1. The van der Waals surface area contributed by atoms with E-state index in [1.54, 1.807) is 12.1 Å². The molecule has 6 nitrogen and oxygen atoms in total. The van der Waals surface area contributed by atoms with E-state index in [1.165, 1.54) is 18.0 Å². The van der Waals surface area contributed by atoms with E-state index in [2.05, 4.69) is 20.7 Å². The summed E-state index contributed by atoms with van der Waals surface area (Å²) >= 11 is 13.3. The van der Waals surface area contributed by atoms with Crippen molar-refractivity contribution in [3.8, 4) is 11.4 Å². The number of carbonyl (C=O) groups is 1. The number of rotatable bonds is 6. The molecule has 1 heterocycles. The lowest BCUT2D eigenvalue weighted by Crippen LogP contribution is -2.19. The van der Waals surface area contributed by atoms with Gasteiger partial charge in [-0.25, -0.2) is 5.43 Å². The highest BCUT2D eigenvalue weighted by Gasteiger charge is 2.13. The topological polar surface area (TPSA) is 72.2 Å². The number of hydrazone groups is 1. The molecule has 0 bridgehead atoms. The van der Waals surface area contributed by atoms with E-state index in [-0.39, 0.29) is 11.7 Å². The minimum absolute atomic E-state index is 0.154. The number of nitrogens with one attached hydrogen (secondary N) is 1. The molecular formula is C18H15Cl2N5OS. The summed E-state index contributed by atoms with van der Waals surface area (Å²) in [7, 11) is 1.84. The standard InChI is InChI=1S/C18H15Cl2N5OS/c1-25-17(12-6-4-7-14(19)9-12)23-24-18(25)27-11-16(26)22-21-10-13-5-2-3-8-15(13)20/h2-10H,11H2,1H3,(H,22,26). The zero-order chi connectivity index (χ0) is 19.2. The fraction of sp³-hybridized carbons (Fsp3) is 0.111. The van der Waals surface area contributed by atoms with Gasteiger partial charge in [-0.15, -0.1) is 10.2 Å². The predicted octanol–water partition coefficient (Wildman–Crippen LogP) is 4.03. The minimum atomic E-state index is -0.254. The van der Waals surface area contributed by atoms with E-state index in [9.17, 15) is 4.79 Å². The van der Waals surface area contributed by atoms with Gasteiger partial charge in [0.1, 0.15) is 0 Å². The van der Waals surface area contributed by atoms with Crippen LogP contribution in [-0.2, 0) is 11.8 Å². The maximum Gasteiger partial charge on any atom is 0.250 e. The summed E-state index contributed by atoms with van der Waals surface area (Å²) < 4.78 is 1.82. The summed E-state index contributed by atoms with van der Waals surface area (Å²) in [5.74, 6) is 0.578. The lowest BCUT2D eigenvalue weighted by Gasteiger charge is -2.04. The molecule has 0 radical (unpaired) electrons. The van der Waals surface area contributed by atoms with Crippen LogP contribution < -0.4 is 5.43 Å². The van der Waals surface area contributed by atoms with Crippen molar-refractivity contribution in [2.75, 3.05) is 5.75 Å². The van der Waals surface area contributed by atoms with E-state index in [0.29, 0.717) is 21.0 Å². The number of hydrogen-bond acceptors (Lipinski definition) is 5. The number of hydrogen-bond donors (Lipinski definition) is 1. The molecule has 3 aromatic rings. The van der Waals surface area contributed by atoms with Crippen LogP contribution in [0.5, 0.6) is 0 Å². The van der Waals surface area contributed by atoms with Crippen LogP contribution in [0.3, 0.4) is 0 Å². The molecule has 2 aromatic carbocycles. The van der Waals surface area contributed by atoms with Crippen LogP contribution in [0, 0.1) is 0 Å². The van der Waals surface area contributed by atoms with Crippen LogP contribution in [0.4, 0.5) is 0 Å². The molecule has 0 saturated heterocycles. The number of amides is 1. The zero-order valence-electron chi connectivity index (χ0n) is 14.3. The lowest BCUT2D eigenvalue weighted by molar-refractivity contribution is -0.118. The lowest BCUT2D eigenvalue weighted by atomic mass is 10.2. The Morgan fingerprint density at radius 3 is 2.81 bits per heavy atom. The van der Waals surface area contributed by atoms with E-state index in [0.717, 1.165) is 11.1 Å². The van der Waals surface area contributed by atoms with E-state index in [1.807, 2.05) is 48.0 Å². The van der Waals surface area contributed by atoms with Crippen molar-refractivity contribution in [1.29, 1.82) is 0 Å². The summed E-state index contributed by atoms with van der Waals surface area (Å²) in [6, 6.07) is 14.6. The predicted molar refractivity (Wildman–Crippen MR) is 109 cm³/mol. The van der Waals surface area contributed by atoms with Crippen LogP contribution in [0.1, 0.15) is 5.56 Å². The van der Waals surface area contributed by atoms with Gasteiger partial charge in [0, 0.05) is 28.2 Å². The fourth-order valence-electron chi connectivity index (χ4n) is 2.24. The molecule has 1 N–H and O–H groups in total. The van der Waals surface area contributed by atoms with Gasteiger partial charge in [0.15, 0.2) is 11.0 Å². The molecule has 0 saturated carbocycles. The maximum absolute atomic E-state index is 12.0. The van der Waals surface area contributed by atoms with Gasteiger partial charge in [-0.2, -0.15) is 5.10 Å². The Hall–Kier alpha value is -2.35. The smallest absolute Gasteiger partial charge is 0.250 e. The number of thioether (sulfide) groups is 1. The molecule has 9 heteroatoms. The zero-order valence-corrected chi connectivity index (χ0v) is 16.6. The molecule has 0 spiro atoms. The normalized spacial score (nSPS) is 11.1. The molecule has 0 aliphatic heterocycles. The molecular weight excluding hydrogens is 405 g/mol. The summed E-state index contributed by atoms with van der Waals surface area (Å²) in [6.45, 7) is 0. The second-order valence-electron chi connectivity index (χ2n) is 5.48. The average molecular weight is 420 g/mol. The first kappa shape index (κ1) is 19.4. The van der Waals surface area contributed by atoms with E-state index in [4.69, 9.17) is 23.2 Å². The first-order chi connectivity index (χ1) is 13.0. The van der Waals surface area contributed by atoms with Crippen molar-refractivity contribution < 1.29 is 4.79 Å². The quantitative estimate of drug-likeness (QED) is 0.371. The van der Waals surface area contributed by atoms with Gasteiger partial charge >= 0.3 is 0 Å². The molecule has 27 heavy (non-hydrogen) atoms. The molecule has 138 valence electrons. The third-order valence-corrected chi connectivity index (χ3v) is 5.15. The van der Waals surface area contributed by atoms with Crippen LogP contribution in [0.15, 0.2) is 58.8 Å². The van der Waals surface area contributed by atoms with E-state index < -0.39 is 0 Å². The van der Waals surface area contributed by atoms with Crippen molar-refractivity contribution in [3.05, 3.63) is 64.1 Å². The number of benzene rings is 2. The Morgan fingerprint density at radius 1 is 1.22 bits per heavy atom. The number of nitrogens with zero attached hydrogens (tertiary/aromatic N) is 4. The third-order valence-electron chi connectivity index (χ3n) is 3.55.